The van der Waals surface area contributed by atoms with Gasteiger partial charge in [-0.25, -0.2) is 0 Å². The van der Waals surface area contributed by atoms with Crippen LogP contribution < -0.4 is 0 Å². The fourth-order valence-corrected chi connectivity index (χ4v) is 2.47. The molecule has 0 aliphatic carbocycles. The number of carbonyl (C=O) groups excluding carboxylic acids is 1. The molecular weight excluding hydrogens is 238 g/mol. The van der Waals surface area contributed by atoms with Gasteiger partial charge in [0.15, 0.2) is 0 Å². The minimum absolute atomic E-state index is 0.0290. The molecule has 0 aliphatic rings. The van der Waals surface area contributed by atoms with Crippen LogP contribution in [0, 0.1) is 13.8 Å². The Morgan fingerprint density at radius 2 is 2.18 bits per heavy atom. The zero-order valence-electron chi connectivity index (χ0n) is 10.5. The fourth-order valence-electron chi connectivity index (χ4n) is 1.47. The number of hydrogen-bond donors (Lipinski definition) is 1. The summed E-state index contributed by atoms with van der Waals surface area (Å²) in [6.07, 6.45) is 0. The molecule has 5 heteroatoms. The molecule has 1 aromatic heterocycles. The molecule has 0 atom stereocenters. The van der Waals surface area contributed by atoms with Crippen LogP contribution in [0.3, 0.4) is 0 Å². The molecule has 0 saturated carbocycles. The van der Waals surface area contributed by atoms with E-state index in [2.05, 4.69) is 0 Å². The van der Waals surface area contributed by atoms with Crippen LogP contribution in [0.15, 0.2) is 6.07 Å². The summed E-state index contributed by atoms with van der Waals surface area (Å²) < 4.78 is 4.96. The van der Waals surface area contributed by atoms with Gasteiger partial charge in [-0.1, -0.05) is 0 Å². The number of aliphatic hydroxyl groups excluding tert-OH is 1. The van der Waals surface area contributed by atoms with Crippen LogP contribution in [0.4, 0.5) is 0 Å². The highest BCUT2D eigenvalue weighted by molar-refractivity contribution is 7.14. The molecule has 0 aliphatic heterocycles. The van der Waals surface area contributed by atoms with Gasteiger partial charge in [0.25, 0.3) is 5.91 Å². The summed E-state index contributed by atoms with van der Waals surface area (Å²) in [5, 5.41) is 8.96. The van der Waals surface area contributed by atoms with Crippen LogP contribution in [-0.4, -0.2) is 49.3 Å². The highest BCUT2D eigenvalue weighted by Crippen LogP contribution is 2.21. The number of ether oxygens (including phenoxy) is 1. The minimum Gasteiger partial charge on any atom is -0.395 e. The first-order valence-electron chi connectivity index (χ1n) is 5.56. The van der Waals surface area contributed by atoms with Crippen LogP contribution in [0.25, 0.3) is 0 Å². The SMILES string of the molecule is COCCN(CCO)C(=O)c1cc(C)c(C)s1. The average Bonchev–Trinajstić information content (AvgIpc) is 2.64. The fraction of sp³-hybridized carbons (Fsp3) is 0.583. The molecule has 0 spiro atoms. The van der Waals surface area contributed by atoms with E-state index in [1.165, 1.54) is 11.3 Å². The van der Waals surface area contributed by atoms with E-state index in [0.29, 0.717) is 19.7 Å². The Morgan fingerprint density at radius 3 is 2.65 bits per heavy atom. The quantitative estimate of drug-likeness (QED) is 0.839. The predicted octanol–water partition coefficient (Wildman–Crippen LogP) is 1.45. The van der Waals surface area contributed by atoms with Crippen LogP contribution in [0.5, 0.6) is 0 Å². The number of aliphatic hydroxyl groups is 1. The Hall–Kier alpha value is -0.910. The molecule has 17 heavy (non-hydrogen) atoms. The maximum Gasteiger partial charge on any atom is 0.264 e. The Kier molecular flexibility index (Phi) is 5.61. The highest BCUT2D eigenvalue weighted by atomic mass is 32.1. The Bertz CT molecular complexity index is 356. The van der Waals surface area contributed by atoms with E-state index >= 15 is 0 Å². The lowest BCUT2D eigenvalue weighted by Crippen LogP contribution is -2.35. The molecule has 0 bridgehead atoms. The summed E-state index contributed by atoms with van der Waals surface area (Å²) >= 11 is 1.50. The van der Waals surface area contributed by atoms with Gasteiger partial charge >= 0.3 is 0 Å². The molecule has 0 unspecified atom stereocenters. The maximum absolute atomic E-state index is 12.2. The lowest BCUT2D eigenvalue weighted by Gasteiger charge is -2.20. The van der Waals surface area contributed by atoms with Crippen molar-refractivity contribution in [2.45, 2.75) is 13.8 Å². The molecule has 96 valence electrons. The van der Waals surface area contributed by atoms with Gasteiger partial charge in [-0.3, -0.25) is 4.79 Å². The zero-order chi connectivity index (χ0) is 12.8. The third-order valence-electron chi connectivity index (χ3n) is 2.60. The van der Waals surface area contributed by atoms with Gasteiger partial charge in [0, 0.05) is 25.1 Å². The molecule has 1 amide bonds. The average molecular weight is 257 g/mol. The third-order valence-corrected chi connectivity index (χ3v) is 3.74. The Labute approximate surface area is 106 Å². The van der Waals surface area contributed by atoms with Gasteiger partial charge in [-0.05, 0) is 25.5 Å². The van der Waals surface area contributed by atoms with E-state index in [4.69, 9.17) is 9.84 Å². The summed E-state index contributed by atoms with van der Waals surface area (Å²) in [6, 6.07) is 1.90. The number of aryl methyl sites for hydroxylation is 2. The second-order valence-electron chi connectivity index (χ2n) is 3.86. The number of nitrogens with zero attached hydrogens (tertiary/aromatic N) is 1. The van der Waals surface area contributed by atoms with Gasteiger partial charge in [-0.2, -0.15) is 0 Å². The van der Waals surface area contributed by atoms with Crippen LogP contribution in [0.1, 0.15) is 20.1 Å². The van der Waals surface area contributed by atoms with Crippen molar-refractivity contribution in [1.82, 2.24) is 4.90 Å². The predicted molar refractivity (Wildman–Crippen MR) is 68.7 cm³/mol. The van der Waals surface area contributed by atoms with E-state index in [-0.39, 0.29) is 12.5 Å². The molecule has 0 saturated heterocycles. The number of amides is 1. The number of rotatable bonds is 6. The lowest BCUT2D eigenvalue weighted by atomic mass is 10.2. The third kappa shape index (κ3) is 3.80. The van der Waals surface area contributed by atoms with E-state index in [9.17, 15) is 4.79 Å². The van der Waals surface area contributed by atoms with Crippen molar-refractivity contribution in [2.75, 3.05) is 33.4 Å². The minimum atomic E-state index is -0.0303. The Balaban J connectivity index is 2.76. The summed E-state index contributed by atoms with van der Waals surface area (Å²) in [5.74, 6) is -0.0303. The first-order valence-corrected chi connectivity index (χ1v) is 6.38. The molecule has 1 N–H and O–H groups in total. The Morgan fingerprint density at radius 1 is 1.47 bits per heavy atom. The number of methoxy groups -OCH3 is 1. The number of thiophene rings is 1. The largest absolute Gasteiger partial charge is 0.395 e. The van der Waals surface area contributed by atoms with Crippen LogP contribution in [-0.2, 0) is 4.74 Å². The van der Waals surface area contributed by atoms with Crippen molar-refractivity contribution in [3.8, 4) is 0 Å². The van der Waals surface area contributed by atoms with Crippen molar-refractivity contribution in [2.24, 2.45) is 0 Å². The van der Waals surface area contributed by atoms with Crippen LogP contribution in [0.2, 0.25) is 0 Å². The molecule has 0 aromatic carbocycles. The topological polar surface area (TPSA) is 49.8 Å². The standard InChI is InChI=1S/C12H19NO3S/c1-9-8-11(17-10(9)2)12(15)13(4-6-14)5-7-16-3/h8,14H,4-7H2,1-3H3. The first-order chi connectivity index (χ1) is 8.10. The second kappa shape index (κ2) is 6.74. The van der Waals surface area contributed by atoms with Gasteiger partial charge in [0.05, 0.1) is 18.1 Å². The molecule has 0 fully saturated rings. The van der Waals surface area contributed by atoms with Gasteiger partial charge in [0.2, 0.25) is 0 Å². The van der Waals surface area contributed by atoms with Crippen molar-refractivity contribution >= 4 is 17.2 Å². The summed E-state index contributed by atoms with van der Waals surface area (Å²) in [7, 11) is 1.60. The summed E-state index contributed by atoms with van der Waals surface area (Å²) in [5.41, 5.74) is 1.13. The lowest BCUT2D eigenvalue weighted by molar-refractivity contribution is 0.0661. The molecule has 0 radical (unpaired) electrons. The molecule has 1 rings (SSSR count). The zero-order valence-corrected chi connectivity index (χ0v) is 11.3. The summed E-state index contributed by atoms with van der Waals surface area (Å²) in [4.78, 5) is 15.7. The smallest absolute Gasteiger partial charge is 0.264 e. The normalized spacial score (nSPS) is 10.6. The number of carbonyl (C=O) groups is 1. The van der Waals surface area contributed by atoms with E-state index in [1.54, 1.807) is 12.0 Å². The van der Waals surface area contributed by atoms with Crippen molar-refractivity contribution in [3.05, 3.63) is 21.4 Å². The van der Waals surface area contributed by atoms with E-state index < -0.39 is 0 Å². The molecular formula is C12H19NO3S. The maximum atomic E-state index is 12.2. The highest BCUT2D eigenvalue weighted by Gasteiger charge is 2.17. The van der Waals surface area contributed by atoms with Crippen molar-refractivity contribution < 1.29 is 14.6 Å². The first kappa shape index (κ1) is 14.2. The molecule has 1 aromatic rings. The second-order valence-corrected chi connectivity index (χ2v) is 5.11. The van der Waals surface area contributed by atoms with E-state index in [1.807, 2.05) is 19.9 Å². The molecule has 1 heterocycles. The van der Waals surface area contributed by atoms with E-state index in [0.717, 1.165) is 15.3 Å². The molecule has 4 nitrogen and oxygen atoms in total. The van der Waals surface area contributed by atoms with Gasteiger partial charge in [0.1, 0.15) is 0 Å². The van der Waals surface area contributed by atoms with Gasteiger partial charge in [-0.15, -0.1) is 11.3 Å². The summed E-state index contributed by atoms with van der Waals surface area (Å²) in [6.45, 7) is 5.30. The monoisotopic (exact) mass is 257 g/mol. The number of hydrogen-bond acceptors (Lipinski definition) is 4. The van der Waals surface area contributed by atoms with Crippen molar-refractivity contribution in [1.29, 1.82) is 0 Å². The van der Waals surface area contributed by atoms with Gasteiger partial charge < -0.3 is 14.7 Å². The van der Waals surface area contributed by atoms with Crippen LogP contribution >= 0.6 is 11.3 Å². The van der Waals surface area contributed by atoms with Crippen molar-refractivity contribution in [3.63, 3.8) is 0 Å².